The Morgan fingerprint density at radius 1 is 0.900 bits per heavy atom. The molecule has 0 spiro atoms. The van der Waals surface area contributed by atoms with Gasteiger partial charge >= 0.3 is 6.18 Å². The van der Waals surface area contributed by atoms with Crippen molar-refractivity contribution < 1.29 is 18.0 Å². The number of carbonyl (C=O) groups is 1. The molecule has 0 rings (SSSR count). The molecule has 0 amide bonds. The first-order valence-electron chi connectivity index (χ1n) is 7.40. The zero-order valence-electron chi connectivity index (χ0n) is 12.2. The van der Waals surface area contributed by atoms with Crippen LogP contribution in [0.2, 0.25) is 0 Å². The largest absolute Gasteiger partial charge is 0.449 e. The van der Waals surface area contributed by atoms with E-state index in [2.05, 4.69) is 19.1 Å². The van der Waals surface area contributed by atoms with Gasteiger partial charge in [0.05, 0.1) is 0 Å². The quantitative estimate of drug-likeness (QED) is 0.349. The second kappa shape index (κ2) is 11.7. The lowest BCUT2D eigenvalue weighted by atomic mass is 10.1. The summed E-state index contributed by atoms with van der Waals surface area (Å²) in [6, 6.07) is 0. The number of ketones is 1. The monoisotopic (exact) mass is 290 g/mol. The van der Waals surface area contributed by atoms with Gasteiger partial charge in [0.15, 0.2) is 0 Å². The van der Waals surface area contributed by atoms with E-state index < -0.39 is 12.0 Å². The first-order valence-corrected chi connectivity index (χ1v) is 7.40. The van der Waals surface area contributed by atoms with Crippen molar-refractivity contribution in [3.8, 4) is 0 Å². The van der Waals surface area contributed by atoms with Crippen LogP contribution in [0.1, 0.15) is 64.7 Å². The van der Waals surface area contributed by atoms with Gasteiger partial charge in [-0.15, -0.1) is 0 Å². The highest BCUT2D eigenvalue weighted by Gasteiger charge is 2.36. The molecule has 0 heterocycles. The average molecular weight is 290 g/mol. The molecular formula is C16H25F3O. The fourth-order valence-electron chi connectivity index (χ4n) is 1.79. The predicted molar refractivity (Wildman–Crippen MR) is 76.6 cm³/mol. The first-order chi connectivity index (χ1) is 9.48. The van der Waals surface area contributed by atoms with E-state index in [4.69, 9.17) is 0 Å². The molecule has 0 aliphatic heterocycles. The molecule has 0 fully saturated rings. The van der Waals surface area contributed by atoms with Gasteiger partial charge in [-0.3, -0.25) is 4.79 Å². The van der Waals surface area contributed by atoms with Crippen LogP contribution in [0.5, 0.6) is 0 Å². The molecule has 0 saturated carbocycles. The molecule has 116 valence electrons. The van der Waals surface area contributed by atoms with Crippen molar-refractivity contribution >= 4 is 5.78 Å². The van der Waals surface area contributed by atoms with E-state index in [0.717, 1.165) is 38.5 Å². The molecule has 0 radical (unpaired) electrons. The summed E-state index contributed by atoms with van der Waals surface area (Å²) in [4.78, 5) is 10.6. The van der Waals surface area contributed by atoms with Gasteiger partial charge in [-0.2, -0.15) is 13.2 Å². The molecule has 0 aromatic rings. The standard InChI is InChI=1S/C16H25F3O/c1-2-3-4-5-6-7-8-9-10-11-12-13-14-15(20)16(17,18)19/h3-6H,2,7-14H2,1H3. The summed E-state index contributed by atoms with van der Waals surface area (Å²) < 4.78 is 35.7. The van der Waals surface area contributed by atoms with E-state index in [9.17, 15) is 18.0 Å². The highest BCUT2D eigenvalue weighted by Crippen LogP contribution is 2.19. The number of rotatable bonds is 11. The smallest absolute Gasteiger partial charge is 0.290 e. The molecule has 4 heteroatoms. The van der Waals surface area contributed by atoms with Crippen molar-refractivity contribution in [3.63, 3.8) is 0 Å². The molecule has 0 aromatic heterocycles. The summed E-state index contributed by atoms with van der Waals surface area (Å²) in [6.45, 7) is 2.09. The van der Waals surface area contributed by atoms with Crippen LogP contribution in [0.3, 0.4) is 0 Å². The van der Waals surface area contributed by atoms with Crippen LogP contribution in [-0.4, -0.2) is 12.0 Å². The van der Waals surface area contributed by atoms with Gasteiger partial charge in [0, 0.05) is 6.42 Å². The number of halogens is 3. The number of carbonyl (C=O) groups excluding carboxylic acids is 1. The molecule has 0 aromatic carbocycles. The summed E-state index contributed by atoms with van der Waals surface area (Å²) in [5.74, 6) is -1.59. The second-order valence-corrected chi connectivity index (χ2v) is 4.85. The SMILES string of the molecule is CCC=CC=CCCCCCCCCC(=O)C(F)(F)F. The highest BCUT2D eigenvalue weighted by molar-refractivity contribution is 5.83. The molecule has 0 unspecified atom stereocenters. The Balaban J connectivity index is 3.31. The van der Waals surface area contributed by atoms with Crippen molar-refractivity contribution in [1.82, 2.24) is 0 Å². The van der Waals surface area contributed by atoms with E-state index >= 15 is 0 Å². The zero-order valence-corrected chi connectivity index (χ0v) is 12.2. The average Bonchev–Trinajstić information content (AvgIpc) is 2.38. The first kappa shape index (κ1) is 18.9. The molecule has 0 saturated heterocycles. The number of allylic oxidation sites excluding steroid dienone is 4. The fourth-order valence-corrected chi connectivity index (χ4v) is 1.79. The van der Waals surface area contributed by atoms with Gasteiger partial charge in [-0.1, -0.05) is 56.9 Å². The number of Topliss-reactive ketones (excluding diaryl/α,β-unsaturated/α-hetero) is 1. The minimum atomic E-state index is -4.65. The van der Waals surface area contributed by atoms with Gasteiger partial charge < -0.3 is 0 Å². The number of unbranched alkanes of at least 4 members (excludes halogenated alkanes) is 6. The fraction of sp³-hybridized carbons (Fsp3) is 0.688. The van der Waals surface area contributed by atoms with Gasteiger partial charge in [0.1, 0.15) is 0 Å². The maximum atomic E-state index is 11.9. The number of hydrogen-bond acceptors (Lipinski definition) is 1. The minimum Gasteiger partial charge on any atom is -0.290 e. The van der Waals surface area contributed by atoms with E-state index in [1.807, 2.05) is 12.2 Å². The number of hydrogen-bond donors (Lipinski definition) is 0. The van der Waals surface area contributed by atoms with Gasteiger partial charge in [-0.25, -0.2) is 0 Å². The van der Waals surface area contributed by atoms with Crippen molar-refractivity contribution in [2.45, 2.75) is 70.9 Å². The van der Waals surface area contributed by atoms with E-state index in [1.165, 1.54) is 0 Å². The molecule has 0 N–H and O–H groups in total. The van der Waals surface area contributed by atoms with Crippen LogP contribution in [0.15, 0.2) is 24.3 Å². The Bertz CT molecular complexity index is 303. The van der Waals surface area contributed by atoms with E-state index in [-0.39, 0.29) is 6.42 Å². The summed E-state index contributed by atoms with van der Waals surface area (Å²) in [5, 5.41) is 0. The molecule has 0 atom stereocenters. The van der Waals surface area contributed by atoms with Gasteiger partial charge in [0.2, 0.25) is 5.78 Å². The molecule has 0 aliphatic carbocycles. The van der Waals surface area contributed by atoms with Crippen molar-refractivity contribution in [3.05, 3.63) is 24.3 Å². The van der Waals surface area contributed by atoms with Gasteiger partial charge in [0.25, 0.3) is 0 Å². The minimum absolute atomic E-state index is 0.347. The zero-order chi connectivity index (χ0) is 15.3. The molecular weight excluding hydrogens is 265 g/mol. The van der Waals surface area contributed by atoms with E-state index in [1.54, 1.807) is 0 Å². The Morgan fingerprint density at radius 3 is 2.05 bits per heavy atom. The van der Waals surface area contributed by atoms with Crippen molar-refractivity contribution in [2.24, 2.45) is 0 Å². The molecule has 0 bridgehead atoms. The van der Waals surface area contributed by atoms with Crippen LogP contribution >= 0.6 is 0 Å². The second-order valence-electron chi connectivity index (χ2n) is 4.85. The van der Waals surface area contributed by atoms with Crippen LogP contribution in [0, 0.1) is 0 Å². The third kappa shape index (κ3) is 12.0. The lowest BCUT2D eigenvalue weighted by Gasteiger charge is -2.04. The van der Waals surface area contributed by atoms with Crippen LogP contribution in [0.4, 0.5) is 13.2 Å². The van der Waals surface area contributed by atoms with Crippen LogP contribution < -0.4 is 0 Å². The summed E-state index contributed by atoms with van der Waals surface area (Å²) in [6.07, 6.45) is 10.6. The highest BCUT2D eigenvalue weighted by atomic mass is 19.4. The maximum Gasteiger partial charge on any atom is 0.449 e. The van der Waals surface area contributed by atoms with Crippen LogP contribution in [0.25, 0.3) is 0 Å². The Hall–Kier alpha value is -1.06. The topological polar surface area (TPSA) is 17.1 Å². The summed E-state index contributed by atoms with van der Waals surface area (Å²) in [5.41, 5.74) is 0. The molecule has 0 aliphatic rings. The third-order valence-corrected chi connectivity index (χ3v) is 2.96. The van der Waals surface area contributed by atoms with E-state index in [0.29, 0.717) is 12.8 Å². The van der Waals surface area contributed by atoms with Gasteiger partial charge in [-0.05, 0) is 25.7 Å². The Kier molecular flexibility index (Phi) is 11.1. The molecule has 1 nitrogen and oxygen atoms in total. The number of alkyl halides is 3. The Morgan fingerprint density at radius 2 is 1.45 bits per heavy atom. The lowest BCUT2D eigenvalue weighted by Crippen LogP contribution is -2.22. The van der Waals surface area contributed by atoms with Crippen LogP contribution in [-0.2, 0) is 4.79 Å². The van der Waals surface area contributed by atoms with Crippen molar-refractivity contribution in [2.75, 3.05) is 0 Å². The summed E-state index contributed by atoms with van der Waals surface area (Å²) >= 11 is 0. The normalized spacial score (nSPS) is 12.6. The lowest BCUT2D eigenvalue weighted by molar-refractivity contribution is -0.171. The van der Waals surface area contributed by atoms with Crippen molar-refractivity contribution in [1.29, 1.82) is 0 Å². The maximum absolute atomic E-state index is 11.9. The summed E-state index contributed by atoms with van der Waals surface area (Å²) in [7, 11) is 0. The molecule has 20 heavy (non-hydrogen) atoms. The predicted octanol–water partition coefficient (Wildman–Crippen LogP) is 5.76. The third-order valence-electron chi connectivity index (χ3n) is 2.96. The Labute approximate surface area is 119 Å².